The summed E-state index contributed by atoms with van der Waals surface area (Å²) in [5.41, 5.74) is 5.51. The largest absolute Gasteiger partial charge is 0.493 e. The highest BCUT2D eigenvalue weighted by atomic mass is 16.5. The number of amides is 3. The Bertz CT molecular complexity index is 903. The molecule has 0 saturated heterocycles. The van der Waals surface area contributed by atoms with Crippen LogP contribution in [0.4, 0.5) is 0 Å². The van der Waals surface area contributed by atoms with Gasteiger partial charge in [0.05, 0.1) is 27.9 Å². The zero-order valence-corrected chi connectivity index (χ0v) is 16.9. The fourth-order valence-corrected chi connectivity index (χ4v) is 2.44. The Hall–Kier alpha value is -4.01. The highest BCUT2D eigenvalue weighted by molar-refractivity contribution is 5.97. The topological polar surface area (TPSA) is 115 Å². The Balaban J connectivity index is 1.86. The van der Waals surface area contributed by atoms with E-state index < -0.39 is 11.8 Å². The Kier molecular flexibility index (Phi) is 8.25. The number of carbonyl (C=O) groups excluding carboxylic acids is 3. The Labute approximate surface area is 174 Å². The molecular formula is C21H23N3O6. The first-order valence-corrected chi connectivity index (χ1v) is 8.88. The lowest BCUT2D eigenvalue weighted by Gasteiger charge is -2.12. The first kappa shape index (κ1) is 22.3. The van der Waals surface area contributed by atoms with Crippen LogP contribution in [0.1, 0.15) is 15.9 Å². The molecule has 9 nitrogen and oxygen atoms in total. The molecule has 158 valence electrons. The molecule has 9 heteroatoms. The molecule has 0 bridgehead atoms. The third kappa shape index (κ3) is 6.26. The second-order valence-electron chi connectivity index (χ2n) is 5.88. The smallest absolute Gasteiger partial charge is 0.262 e. The SMILES string of the molecule is COc1cc(/C=C/C(=O)NNC(=O)CNC(=O)c2ccccc2)cc(OC)c1OC. The highest BCUT2D eigenvalue weighted by Crippen LogP contribution is 2.38. The lowest BCUT2D eigenvalue weighted by molar-refractivity contribution is -0.126. The molecule has 0 unspecified atom stereocenters. The average Bonchev–Trinajstić information content (AvgIpc) is 2.79. The van der Waals surface area contributed by atoms with Crippen molar-refractivity contribution in [2.24, 2.45) is 0 Å². The van der Waals surface area contributed by atoms with Crippen molar-refractivity contribution in [3.05, 3.63) is 59.7 Å². The first-order valence-electron chi connectivity index (χ1n) is 8.88. The summed E-state index contributed by atoms with van der Waals surface area (Å²) in [5, 5.41) is 2.46. The van der Waals surface area contributed by atoms with Gasteiger partial charge in [-0.25, -0.2) is 0 Å². The van der Waals surface area contributed by atoms with Gasteiger partial charge in [-0.1, -0.05) is 18.2 Å². The Morgan fingerprint density at radius 1 is 0.900 bits per heavy atom. The van der Waals surface area contributed by atoms with Crippen LogP contribution in [0, 0.1) is 0 Å². The third-order valence-corrected chi connectivity index (χ3v) is 3.88. The maximum Gasteiger partial charge on any atom is 0.262 e. The van der Waals surface area contributed by atoms with Crippen LogP contribution < -0.4 is 30.4 Å². The standard InChI is InChI=1S/C21H23N3O6/c1-28-16-11-14(12-17(29-2)20(16)30-3)9-10-18(25)23-24-19(26)13-22-21(27)15-7-5-4-6-8-15/h4-12H,13H2,1-3H3,(H,22,27)(H,23,25)(H,24,26)/b10-9+. The van der Waals surface area contributed by atoms with E-state index >= 15 is 0 Å². The summed E-state index contributed by atoms with van der Waals surface area (Å²) in [4.78, 5) is 35.6. The molecule has 0 aliphatic heterocycles. The minimum absolute atomic E-state index is 0.287. The summed E-state index contributed by atoms with van der Waals surface area (Å²) in [7, 11) is 4.47. The molecule has 2 aromatic carbocycles. The van der Waals surface area contributed by atoms with Crippen LogP contribution >= 0.6 is 0 Å². The number of methoxy groups -OCH3 is 3. The molecule has 30 heavy (non-hydrogen) atoms. The van der Waals surface area contributed by atoms with Crippen LogP contribution in [-0.4, -0.2) is 45.6 Å². The van der Waals surface area contributed by atoms with E-state index in [4.69, 9.17) is 14.2 Å². The molecule has 0 aliphatic carbocycles. The number of ether oxygens (including phenoxy) is 3. The molecule has 0 spiro atoms. The van der Waals surface area contributed by atoms with Crippen molar-refractivity contribution in [3.63, 3.8) is 0 Å². The third-order valence-electron chi connectivity index (χ3n) is 3.88. The molecule has 3 N–H and O–H groups in total. The summed E-state index contributed by atoms with van der Waals surface area (Å²) in [6.45, 7) is -0.287. The lowest BCUT2D eigenvalue weighted by Crippen LogP contribution is -2.45. The van der Waals surface area contributed by atoms with Gasteiger partial charge in [-0.3, -0.25) is 25.2 Å². The van der Waals surface area contributed by atoms with Gasteiger partial charge < -0.3 is 19.5 Å². The Morgan fingerprint density at radius 3 is 2.10 bits per heavy atom. The van der Waals surface area contributed by atoms with Crippen molar-refractivity contribution >= 4 is 23.8 Å². The fraction of sp³-hybridized carbons (Fsp3) is 0.190. The van der Waals surface area contributed by atoms with Crippen molar-refractivity contribution in [2.75, 3.05) is 27.9 Å². The molecule has 0 fully saturated rings. The number of hydrazine groups is 1. The normalized spacial score (nSPS) is 10.2. The van der Waals surface area contributed by atoms with Gasteiger partial charge in [0.1, 0.15) is 0 Å². The summed E-state index contributed by atoms with van der Waals surface area (Å²) in [5.74, 6) is -0.204. The first-order chi connectivity index (χ1) is 14.5. The minimum atomic E-state index is -0.575. The average molecular weight is 413 g/mol. The number of nitrogens with one attached hydrogen (secondary N) is 3. The van der Waals surface area contributed by atoms with E-state index in [0.717, 1.165) is 0 Å². The molecule has 3 amide bonds. The summed E-state index contributed by atoms with van der Waals surface area (Å²) >= 11 is 0. The minimum Gasteiger partial charge on any atom is -0.493 e. The quantitative estimate of drug-likeness (QED) is 0.444. The summed E-state index contributed by atoms with van der Waals surface area (Å²) < 4.78 is 15.7. The molecule has 0 saturated carbocycles. The molecule has 2 aromatic rings. The molecule has 0 radical (unpaired) electrons. The van der Waals surface area contributed by atoms with Gasteiger partial charge in [0.25, 0.3) is 17.7 Å². The van der Waals surface area contributed by atoms with Crippen LogP contribution in [0.3, 0.4) is 0 Å². The van der Waals surface area contributed by atoms with Crippen LogP contribution in [0.15, 0.2) is 48.5 Å². The highest BCUT2D eigenvalue weighted by Gasteiger charge is 2.12. The monoisotopic (exact) mass is 413 g/mol. The number of benzene rings is 2. The second-order valence-corrected chi connectivity index (χ2v) is 5.88. The van der Waals surface area contributed by atoms with Gasteiger partial charge in [-0.05, 0) is 35.9 Å². The maximum atomic E-state index is 11.9. The van der Waals surface area contributed by atoms with E-state index in [1.165, 1.54) is 33.5 Å². The van der Waals surface area contributed by atoms with E-state index in [9.17, 15) is 14.4 Å². The van der Waals surface area contributed by atoms with Gasteiger partial charge in [0, 0.05) is 11.6 Å². The van der Waals surface area contributed by atoms with Gasteiger partial charge >= 0.3 is 0 Å². The predicted molar refractivity (Wildman–Crippen MR) is 110 cm³/mol. The number of rotatable bonds is 8. The molecule has 2 rings (SSSR count). The van der Waals surface area contributed by atoms with E-state index in [1.54, 1.807) is 42.5 Å². The van der Waals surface area contributed by atoms with Crippen LogP contribution in [-0.2, 0) is 9.59 Å². The molecule has 0 atom stereocenters. The van der Waals surface area contributed by atoms with Gasteiger partial charge in [-0.15, -0.1) is 0 Å². The summed E-state index contributed by atoms with van der Waals surface area (Å²) in [6, 6.07) is 11.8. The lowest BCUT2D eigenvalue weighted by atomic mass is 10.1. The van der Waals surface area contributed by atoms with Crippen LogP contribution in [0.5, 0.6) is 17.2 Å². The number of hydrogen-bond donors (Lipinski definition) is 3. The van der Waals surface area contributed by atoms with Gasteiger partial charge in [0.15, 0.2) is 11.5 Å². The second kappa shape index (κ2) is 11.1. The zero-order valence-electron chi connectivity index (χ0n) is 16.9. The molecular weight excluding hydrogens is 390 g/mol. The maximum absolute atomic E-state index is 11.9. The van der Waals surface area contributed by atoms with Gasteiger partial charge in [-0.2, -0.15) is 0 Å². The van der Waals surface area contributed by atoms with Gasteiger partial charge in [0.2, 0.25) is 5.75 Å². The molecule has 0 aliphatic rings. The zero-order chi connectivity index (χ0) is 21.9. The predicted octanol–water partition coefficient (Wildman–Crippen LogP) is 1.30. The van der Waals surface area contributed by atoms with Crippen LogP contribution in [0.25, 0.3) is 6.08 Å². The van der Waals surface area contributed by atoms with Crippen molar-refractivity contribution in [3.8, 4) is 17.2 Å². The van der Waals surface area contributed by atoms with E-state index in [2.05, 4.69) is 16.2 Å². The number of carbonyl (C=O) groups is 3. The van der Waals surface area contributed by atoms with E-state index in [1.807, 2.05) is 0 Å². The van der Waals surface area contributed by atoms with Crippen molar-refractivity contribution in [1.29, 1.82) is 0 Å². The molecule has 0 heterocycles. The van der Waals surface area contributed by atoms with E-state index in [0.29, 0.717) is 28.4 Å². The molecule has 0 aromatic heterocycles. The van der Waals surface area contributed by atoms with Crippen molar-refractivity contribution in [1.82, 2.24) is 16.2 Å². The van der Waals surface area contributed by atoms with Crippen molar-refractivity contribution in [2.45, 2.75) is 0 Å². The Morgan fingerprint density at radius 2 is 1.53 bits per heavy atom. The van der Waals surface area contributed by atoms with Crippen molar-refractivity contribution < 1.29 is 28.6 Å². The number of hydrogen-bond acceptors (Lipinski definition) is 6. The van der Waals surface area contributed by atoms with Crippen LogP contribution in [0.2, 0.25) is 0 Å². The summed E-state index contributed by atoms with van der Waals surface area (Å²) in [6.07, 6.45) is 2.74. The fourth-order valence-electron chi connectivity index (χ4n) is 2.44. The van der Waals surface area contributed by atoms with E-state index in [-0.39, 0.29) is 12.5 Å².